The Balaban J connectivity index is 2.24. The zero-order valence-corrected chi connectivity index (χ0v) is 8.42. The van der Waals surface area contributed by atoms with E-state index in [9.17, 15) is 0 Å². The van der Waals surface area contributed by atoms with Crippen LogP contribution in [0.15, 0.2) is 29.3 Å². The molecule has 0 fully saturated rings. The Hall–Kier alpha value is -1.47. The van der Waals surface area contributed by atoms with Crippen molar-refractivity contribution in [1.82, 2.24) is 0 Å². The smallest absolute Gasteiger partial charge is 0.277 e. The Morgan fingerprint density at radius 2 is 2.14 bits per heavy atom. The number of thioether (sulfide) groups is 1. The van der Waals surface area contributed by atoms with Crippen LogP contribution in [0.2, 0.25) is 0 Å². The molecular formula is C10H10N3S+. The molecule has 0 amide bonds. The van der Waals surface area contributed by atoms with Crippen molar-refractivity contribution >= 4 is 16.8 Å². The molecule has 1 heterocycles. The maximum Gasteiger partial charge on any atom is 0.356 e. The summed E-state index contributed by atoms with van der Waals surface area (Å²) in [5.41, 5.74) is 2.05. The number of hydrogen-bond donors (Lipinski definition) is 1. The molecule has 2 N–H and O–H groups in total. The van der Waals surface area contributed by atoms with Gasteiger partial charge < -0.3 is 0 Å². The number of nitrogens with two attached hydrogens (primary N) is 1. The minimum atomic E-state index is 0.889. The highest BCUT2D eigenvalue weighted by Gasteiger charge is 2.09. The van der Waals surface area contributed by atoms with E-state index in [-0.39, 0.29) is 0 Å². The van der Waals surface area contributed by atoms with Gasteiger partial charge in [0.15, 0.2) is 0 Å². The maximum absolute atomic E-state index is 5.01. The molecule has 70 valence electrons. The molecule has 14 heavy (non-hydrogen) atoms. The van der Waals surface area contributed by atoms with Crippen molar-refractivity contribution in [2.45, 2.75) is 0 Å². The maximum atomic E-state index is 5.01. The fourth-order valence-corrected chi connectivity index (χ4v) is 2.13. The van der Waals surface area contributed by atoms with Crippen LogP contribution in [-0.4, -0.2) is 17.3 Å². The SMILES string of the molecule is N[N+]#Cc1ccc(C2=NCCS2)cc1. The first-order valence-electron chi connectivity index (χ1n) is 4.34. The summed E-state index contributed by atoms with van der Waals surface area (Å²) in [6, 6.07) is 10.6. The first kappa shape index (κ1) is 9.10. The number of aliphatic imine (C=N–C) groups is 1. The summed E-state index contributed by atoms with van der Waals surface area (Å²) in [4.78, 5) is 7.74. The average molecular weight is 204 g/mol. The molecule has 1 aromatic rings. The van der Waals surface area contributed by atoms with Gasteiger partial charge in [-0.25, -0.2) is 0 Å². The van der Waals surface area contributed by atoms with Gasteiger partial charge in [0.05, 0.1) is 10.00 Å². The summed E-state index contributed by atoms with van der Waals surface area (Å²) >= 11 is 1.80. The molecule has 3 nitrogen and oxygen atoms in total. The van der Waals surface area contributed by atoms with E-state index in [4.69, 9.17) is 5.84 Å². The highest BCUT2D eigenvalue weighted by atomic mass is 32.2. The molecule has 1 aromatic carbocycles. The van der Waals surface area contributed by atoms with Crippen LogP contribution in [0.1, 0.15) is 11.1 Å². The highest BCUT2D eigenvalue weighted by molar-refractivity contribution is 8.14. The molecule has 0 radical (unpaired) electrons. The van der Waals surface area contributed by atoms with Crippen LogP contribution in [0.25, 0.3) is 4.95 Å². The molecule has 0 atom stereocenters. The van der Waals surface area contributed by atoms with Crippen LogP contribution in [0.4, 0.5) is 0 Å². The number of rotatable bonds is 1. The second kappa shape index (κ2) is 4.16. The lowest BCUT2D eigenvalue weighted by atomic mass is 10.2. The van der Waals surface area contributed by atoms with Gasteiger partial charge in [-0.3, -0.25) is 4.99 Å². The van der Waals surface area contributed by atoms with Gasteiger partial charge >= 0.3 is 6.07 Å². The van der Waals surface area contributed by atoms with Gasteiger partial charge in [0.1, 0.15) is 5.56 Å². The Morgan fingerprint density at radius 3 is 2.71 bits per heavy atom. The molecule has 0 bridgehead atoms. The third-order valence-electron chi connectivity index (χ3n) is 1.91. The van der Waals surface area contributed by atoms with Crippen molar-refractivity contribution in [1.29, 1.82) is 0 Å². The van der Waals surface area contributed by atoms with Crippen LogP contribution in [0, 0.1) is 6.07 Å². The van der Waals surface area contributed by atoms with Crippen LogP contribution >= 0.6 is 11.8 Å². The van der Waals surface area contributed by atoms with Gasteiger partial charge in [-0.15, -0.1) is 11.8 Å². The largest absolute Gasteiger partial charge is 0.356 e. The average Bonchev–Trinajstić information content (AvgIpc) is 2.72. The van der Waals surface area contributed by atoms with E-state index in [1.807, 2.05) is 24.3 Å². The Labute approximate surface area is 86.8 Å². The van der Waals surface area contributed by atoms with Crippen molar-refractivity contribution in [2.75, 3.05) is 12.3 Å². The molecule has 1 aliphatic heterocycles. The summed E-state index contributed by atoms with van der Waals surface area (Å²) in [7, 11) is 0. The van der Waals surface area contributed by atoms with E-state index in [2.05, 4.69) is 16.0 Å². The zero-order chi connectivity index (χ0) is 9.80. The zero-order valence-electron chi connectivity index (χ0n) is 7.60. The summed E-state index contributed by atoms with van der Waals surface area (Å²) in [6.45, 7) is 0.929. The van der Waals surface area contributed by atoms with E-state index in [0.717, 1.165) is 28.5 Å². The first-order valence-corrected chi connectivity index (χ1v) is 5.32. The van der Waals surface area contributed by atoms with Crippen LogP contribution in [0.3, 0.4) is 0 Å². The standard InChI is InChI=1S/C10H10N3S/c11-13-7-8-1-3-9(4-2-8)10-12-5-6-14-10/h1-4H,5-6,11H2/q+1. The lowest BCUT2D eigenvalue weighted by Crippen LogP contribution is -1.91. The van der Waals surface area contributed by atoms with Gasteiger partial charge in [0.25, 0.3) is 0 Å². The van der Waals surface area contributed by atoms with Crippen molar-refractivity contribution in [3.63, 3.8) is 0 Å². The molecule has 0 aliphatic carbocycles. The van der Waals surface area contributed by atoms with E-state index in [1.54, 1.807) is 11.8 Å². The number of hydrogen-bond acceptors (Lipinski definition) is 3. The number of nitrogens with zero attached hydrogens (tertiary/aromatic N) is 2. The Kier molecular flexibility index (Phi) is 2.70. The van der Waals surface area contributed by atoms with Crippen molar-refractivity contribution in [2.24, 2.45) is 10.8 Å². The Morgan fingerprint density at radius 1 is 1.36 bits per heavy atom. The summed E-state index contributed by atoms with van der Waals surface area (Å²) in [5.74, 6) is 6.10. The minimum absolute atomic E-state index is 0.889. The highest BCUT2D eigenvalue weighted by Crippen LogP contribution is 2.19. The quantitative estimate of drug-likeness (QED) is 0.559. The van der Waals surface area contributed by atoms with Crippen LogP contribution in [-0.2, 0) is 0 Å². The predicted molar refractivity (Wildman–Crippen MR) is 60.8 cm³/mol. The van der Waals surface area contributed by atoms with Crippen molar-refractivity contribution < 1.29 is 0 Å². The van der Waals surface area contributed by atoms with E-state index in [0.29, 0.717) is 0 Å². The third-order valence-corrected chi connectivity index (χ3v) is 2.94. The van der Waals surface area contributed by atoms with Crippen LogP contribution in [0.5, 0.6) is 0 Å². The van der Waals surface area contributed by atoms with Gasteiger partial charge in [-0.1, -0.05) is 18.0 Å². The second-order valence-corrected chi connectivity index (χ2v) is 3.94. The molecule has 0 spiro atoms. The molecule has 0 saturated carbocycles. The second-order valence-electron chi connectivity index (χ2n) is 2.85. The summed E-state index contributed by atoms with van der Waals surface area (Å²) < 4.78 is 0. The number of benzene rings is 1. The predicted octanol–water partition coefficient (Wildman–Crippen LogP) is 1.73. The molecule has 2 rings (SSSR count). The molecule has 1 aliphatic rings. The van der Waals surface area contributed by atoms with E-state index < -0.39 is 0 Å². The fourth-order valence-electron chi connectivity index (χ4n) is 1.27. The topological polar surface area (TPSA) is 42.7 Å². The fraction of sp³-hybridized carbons (Fsp3) is 0.200. The third kappa shape index (κ3) is 1.88. The summed E-state index contributed by atoms with van der Waals surface area (Å²) in [6.07, 6.45) is 0. The van der Waals surface area contributed by atoms with E-state index >= 15 is 0 Å². The van der Waals surface area contributed by atoms with Crippen LogP contribution < -0.4 is 5.84 Å². The molecule has 0 unspecified atom stereocenters. The molecule has 0 aromatic heterocycles. The van der Waals surface area contributed by atoms with Gasteiger partial charge in [-0.2, -0.15) is 0 Å². The van der Waals surface area contributed by atoms with Gasteiger partial charge in [0, 0.05) is 17.9 Å². The van der Waals surface area contributed by atoms with Gasteiger partial charge in [-0.05, 0) is 12.1 Å². The van der Waals surface area contributed by atoms with Crippen molar-refractivity contribution in [3.05, 3.63) is 40.3 Å². The van der Waals surface area contributed by atoms with Crippen molar-refractivity contribution in [3.8, 4) is 6.07 Å². The van der Waals surface area contributed by atoms with Gasteiger partial charge in [0.2, 0.25) is 0 Å². The lowest BCUT2D eigenvalue weighted by Gasteiger charge is -1.97. The minimum Gasteiger partial charge on any atom is -0.277 e. The monoisotopic (exact) mass is 204 g/mol. The summed E-state index contributed by atoms with van der Waals surface area (Å²) in [5, 5.41) is 1.13. The van der Waals surface area contributed by atoms with E-state index in [1.165, 1.54) is 0 Å². The normalized spacial score (nSPS) is 14.4. The lowest BCUT2D eigenvalue weighted by molar-refractivity contribution is 1.17. The molecule has 0 saturated heterocycles. The first-order chi connectivity index (χ1) is 6.90. The Bertz CT molecular complexity index is 411. The molecular weight excluding hydrogens is 194 g/mol. The molecule has 4 heteroatoms.